The highest BCUT2D eigenvalue weighted by molar-refractivity contribution is 6.25. The number of halogens is 2. The minimum Gasteiger partial charge on any atom is -0.382 e. The number of nitrogens with one attached hydrogen (secondary N) is 3. The van der Waals surface area contributed by atoms with Crippen molar-refractivity contribution in [3.05, 3.63) is 65.2 Å². The van der Waals surface area contributed by atoms with Crippen LogP contribution in [0.25, 0.3) is 5.65 Å². The SMILES string of the molecule is CN(C[C@H]1CC[C@H](n2cc(NC(=O)c3cnn4ccc(N5CCOCC5)nc34)c(C(F)F)n2)CC1)[C@H]1CC[C@H](Nc2cccc3c2C(=O)N(C2CCC(=O)NC2=O)C3=O)CC1. The van der Waals surface area contributed by atoms with Crippen LogP contribution in [0.2, 0.25) is 0 Å². The van der Waals surface area contributed by atoms with Crippen molar-refractivity contribution >= 4 is 52.4 Å². The van der Waals surface area contributed by atoms with Gasteiger partial charge in [-0.2, -0.15) is 10.2 Å². The summed E-state index contributed by atoms with van der Waals surface area (Å²) in [4.78, 5) is 74.7. The number of anilines is 3. The number of benzene rings is 1. The Morgan fingerprint density at radius 3 is 2.48 bits per heavy atom. The van der Waals surface area contributed by atoms with Crippen molar-refractivity contribution in [1.29, 1.82) is 0 Å². The second kappa shape index (κ2) is 16.9. The number of ether oxygens (including phenoxy) is 1. The number of carbonyl (C=O) groups excluding carboxylic acids is 5. The van der Waals surface area contributed by atoms with Crippen molar-refractivity contribution in [2.24, 2.45) is 5.92 Å². The van der Waals surface area contributed by atoms with Gasteiger partial charge in [-0.05, 0) is 89.0 Å². The van der Waals surface area contributed by atoms with E-state index in [-0.39, 0.29) is 47.3 Å². The minimum atomic E-state index is -2.88. The van der Waals surface area contributed by atoms with Crippen LogP contribution in [0.5, 0.6) is 0 Å². The lowest BCUT2D eigenvalue weighted by molar-refractivity contribution is -0.136. The van der Waals surface area contributed by atoms with Gasteiger partial charge in [0.05, 0.1) is 42.3 Å². The summed E-state index contributed by atoms with van der Waals surface area (Å²) in [6.07, 6.45) is 8.95. The van der Waals surface area contributed by atoms with Gasteiger partial charge in [-0.25, -0.2) is 18.3 Å². The zero-order valence-corrected chi connectivity index (χ0v) is 33.9. The highest BCUT2D eigenvalue weighted by Gasteiger charge is 2.46. The van der Waals surface area contributed by atoms with E-state index in [1.54, 1.807) is 29.1 Å². The maximum absolute atomic E-state index is 14.3. The smallest absolute Gasteiger partial charge is 0.284 e. The van der Waals surface area contributed by atoms with Gasteiger partial charge in [0.1, 0.15) is 17.4 Å². The van der Waals surface area contributed by atoms with Crippen molar-refractivity contribution in [3.8, 4) is 0 Å². The third-order valence-corrected chi connectivity index (χ3v) is 13.0. The standard InChI is InChI=1S/C42H49F2N11O6/c1-51(26-11-7-25(8-12-26)46-30-4-2-3-28-35(30)42(60)55(41(28)59)32-13-14-34(56)49-40(32)58)22-24-5-9-27(10-6-24)54-23-31(36(50-54)37(43)44)47-39(57)29-21-45-53-16-15-33(48-38(29)53)52-17-19-61-20-18-52/h2-4,15-16,21,23-27,32,37,46H,5-14,17-20,22H2,1H3,(H,47,57)(H,49,56,58)/t24-,25-,26-,27-,32?. The molecule has 3 aromatic heterocycles. The third kappa shape index (κ3) is 8.07. The molecule has 0 bridgehead atoms. The van der Waals surface area contributed by atoms with Gasteiger partial charge in [0, 0.05) is 56.2 Å². The molecule has 61 heavy (non-hydrogen) atoms. The average molecular weight is 842 g/mol. The van der Waals surface area contributed by atoms with Crippen LogP contribution >= 0.6 is 0 Å². The first-order valence-corrected chi connectivity index (χ1v) is 21.2. The van der Waals surface area contributed by atoms with E-state index in [0.717, 1.165) is 62.8 Å². The summed E-state index contributed by atoms with van der Waals surface area (Å²) >= 11 is 0. The number of piperidine rings is 1. The minimum absolute atomic E-state index is 0.0263. The fourth-order valence-electron chi connectivity index (χ4n) is 9.69. The van der Waals surface area contributed by atoms with Crippen LogP contribution in [0.1, 0.15) is 113 Å². The van der Waals surface area contributed by atoms with E-state index in [9.17, 15) is 32.8 Å². The molecule has 19 heteroatoms. The van der Waals surface area contributed by atoms with Crippen LogP contribution in [0.4, 0.5) is 26.0 Å². The molecule has 1 atom stereocenters. The monoisotopic (exact) mass is 841 g/mol. The number of imide groups is 2. The number of rotatable bonds is 11. The predicted molar refractivity (Wildman–Crippen MR) is 218 cm³/mol. The summed E-state index contributed by atoms with van der Waals surface area (Å²) in [6.45, 7) is 3.40. The van der Waals surface area contributed by atoms with Crippen LogP contribution in [-0.4, -0.2) is 122 Å². The van der Waals surface area contributed by atoms with E-state index in [1.807, 2.05) is 6.07 Å². The zero-order chi connectivity index (χ0) is 42.4. The lowest BCUT2D eigenvalue weighted by Gasteiger charge is -2.38. The molecule has 17 nitrogen and oxygen atoms in total. The molecule has 322 valence electrons. The second-order valence-corrected chi connectivity index (χ2v) is 16.8. The summed E-state index contributed by atoms with van der Waals surface area (Å²) in [5.41, 5.74) is 1.11. The Balaban J connectivity index is 0.767. The van der Waals surface area contributed by atoms with E-state index < -0.39 is 47.7 Å². The van der Waals surface area contributed by atoms with Gasteiger partial charge in [0.2, 0.25) is 11.8 Å². The molecule has 5 aliphatic rings. The van der Waals surface area contributed by atoms with Gasteiger partial charge in [-0.15, -0.1) is 0 Å². The third-order valence-electron chi connectivity index (χ3n) is 13.0. The van der Waals surface area contributed by atoms with E-state index in [0.29, 0.717) is 55.4 Å². The molecule has 2 saturated heterocycles. The fourth-order valence-corrected chi connectivity index (χ4v) is 9.69. The normalized spacial score (nSPS) is 24.8. The maximum atomic E-state index is 14.3. The van der Waals surface area contributed by atoms with E-state index >= 15 is 0 Å². The lowest BCUT2D eigenvalue weighted by atomic mass is 9.84. The number of hydrogen-bond acceptors (Lipinski definition) is 12. The fraction of sp³-hybridized carbons (Fsp3) is 0.524. The number of alkyl halides is 2. The molecule has 3 N–H and O–H groups in total. The Bertz CT molecular complexity index is 2350. The quantitative estimate of drug-likeness (QED) is 0.181. The number of morpholine rings is 1. The topological polar surface area (TPSA) is 188 Å². The number of hydrogen-bond donors (Lipinski definition) is 3. The summed E-state index contributed by atoms with van der Waals surface area (Å²) in [6, 6.07) is 6.35. The molecule has 0 spiro atoms. The Morgan fingerprint density at radius 1 is 0.967 bits per heavy atom. The zero-order valence-electron chi connectivity index (χ0n) is 33.9. The molecule has 9 rings (SSSR count). The van der Waals surface area contributed by atoms with Gasteiger partial charge in [-0.1, -0.05) is 6.07 Å². The molecule has 2 aliphatic carbocycles. The molecule has 4 aromatic rings. The van der Waals surface area contributed by atoms with E-state index in [2.05, 4.69) is 48.0 Å². The molecular weight excluding hydrogens is 793 g/mol. The first-order chi connectivity index (χ1) is 29.5. The van der Waals surface area contributed by atoms with Gasteiger partial charge in [0.25, 0.3) is 24.1 Å². The van der Waals surface area contributed by atoms with Crippen molar-refractivity contribution in [2.75, 3.05) is 55.4 Å². The largest absolute Gasteiger partial charge is 0.382 e. The van der Waals surface area contributed by atoms with Gasteiger partial charge >= 0.3 is 0 Å². The highest BCUT2D eigenvalue weighted by Crippen LogP contribution is 2.38. The molecule has 1 unspecified atom stereocenters. The molecule has 0 radical (unpaired) electrons. The van der Waals surface area contributed by atoms with Gasteiger partial charge in [0.15, 0.2) is 11.3 Å². The average Bonchev–Trinajstić information content (AvgIpc) is 3.96. The second-order valence-electron chi connectivity index (χ2n) is 16.8. The highest BCUT2D eigenvalue weighted by atomic mass is 19.3. The van der Waals surface area contributed by atoms with Crippen LogP contribution in [0.3, 0.4) is 0 Å². The molecular formula is C42H49F2N11O6. The molecule has 1 aromatic carbocycles. The summed E-state index contributed by atoms with van der Waals surface area (Å²) in [5.74, 6) is -1.56. The maximum Gasteiger partial charge on any atom is 0.284 e. The molecule has 6 heterocycles. The first kappa shape index (κ1) is 40.6. The molecule has 4 fully saturated rings. The van der Waals surface area contributed by atoms with E-state index in [1.165, 1.54) is 16.9 Å². The van der Waals surface area contributed by atoms with Crippen LogP contribution in [0, 0.1) is 5.92 Å². The first-order valence-electron chi connectivity index (χ1n) is 21.2. The Morgan fingerprint density at radius 2 is 1.74 bits per heavy atom. The van der Waals surface area contributed by atoms with Crippen molar-refractivity contribution < 1.29 is 37.5 Å². The summed E-state index contributed by atoms with van der Waals surface area (Å²) in [7, 11) is 2.16. The van der Waals surface area contributed by atoms with E-state index in [4.69, 9.17) is 4.74 Å². The number of fused-ring (bicyclic) bond motifs is 2. The Kier molecular flexibility index (Phi) is 11.3. The van der Waals surface area contributed by atoms with Crippen LogP contribution in [-0.2, 0) is 14.3 Å². The number of carbonyl (C=O) groups is 5. The van der Waals surface area contributed by atoms with Crippen molar-refractivity contribution in [3.63, 3.8) is 0 Å². The number of nitrogens with zero attached hydrogens (tertiary/aromatic N) is 8. The van der Waals surface area contributed by atoms with Gasteiger partial charge in [-0.3, -0.25) is 38.9 Å². The summed E-state index contributed by atoms with van der Waals surface area (Å²) < 4.78 is 37.1. The van der Waals surface area contributed by atoms with Gasteiger partial charge < -0.3 is 25.2 Å². The number of aromatic nitrogens is 5. The van der Waals surface area contributed by atoms with Crippen molar-refractivity contribution in [1.82, 2.24) is 39.5 Å². The molecule has 3 aliphatic heterocycles. The summed E-state index contributed by atoms with van der Waals surface area (Å²) in [5, 5.41) is 17.0. The molecule has 2 saturated carbocycles. The Labute approximate surface area is 350 Å². The Hall–Kier alpha value is -5.82. The van der Waals surface area contributed by atoms with Crippen LogP contribution < -0.4 is 20.9 Å². The predicted octanol–water partition coefficient (Wildman–Crippen LogP) is 4.44. The molecule has 5 amide bonds. The van der Waals surface area contributed by atoms with Crippen molar-refractivity contribution in [2.45, 2.75) is 94.8 Å². The van der Waals surface area contributed by atoms with Crippen LogP contribution in [0.15, 0.2) is 42.9 Å². The lowest BCUT2D eigenvalue weighted by Crippen LogP contribution is -2.54. The number of amides is 5.